The summed E-state index contributed by atoms with van der Waals surface area (Å²) in [6, 6.07) is 4.78. The molecule has 0 fully saturated rings. The Labute approximate surface area is 211 Å². The summed E-state index contributed by atoms with van der Waals surface area (Å²) in [6.07, 6.45) is 5.52. The lowest BCUT2D eigenvalue weighted by atomic mass is 9.78. The molecule has 1 unspecified atom stereocenters. The lowest BCUT2D eigenvalue weighted by Gasteiger charge is -2.40. The summed E-state index contributed by atoms with van der Waals surface area (Å²) in [7, 11) is 0. The second kappa shape index (κ2) is 10.5. The van der Waals surface area contributed by atoms with Crippen LogP contribution < -0.4 is 4.74 Å². The predicted molar refractivity (Wildman–Crippen MR) is 143 cm³/mol. The zero-order chi connectivity index (χ0) is 25.3. The van der Waals surface area contributed by atoms with Crippen molar-refractivity contribution in [1.29, 1.82) is 0 Å². The van der Waals surface area contributed by atoms with Gasteiger partial charge in [-0.05, 0) is 110 Å². The molecule has 35 heavy (non-hydrogen) atoms. The van der Waals surface area contributed by atoms with Crippen molar-refractivity contribution in [3.63, 3.8) is 0 Å². The van der Waals surface area contributed by atoms with Crippen LogP contribution in [0.4, 0.5) is 0 Å². The molecule has 2 aliphatic rings. The summed E-state index contributed by atoms with van der Waals surface area (Å²) in [5.41, 5.74) is 12.5. The van der Waals surface area contributed by atoms with Crippen LogP contribution in [0.1, 0.15) is 79.0 Å². The minimum atomic E-state index is -0.164. The number of benzene rings is 2. The average molecular weight is 476 g/mol. The van der Waals surface area contributed by atoms with Crippen molar-refractivity contribution in [3.05, 3.63) is 63.4 Å². The Kier molecular flexibility index (Phi) is 7.59. The zero-order valence-corrected chi connectivity index (χ0v) is 22.5. The van der Waals surface area contributed by atoms with Crippen molar-refractivity contribution < 1.29 is 14.3 Å². The van der Waals surface area contributed by atoms with Crippen molar-refractivity contribution in [2.45, 2.75) is 92.7 Å². The Morgan fingerprint density at radius 2 is 1.89 bits per heavy atom. The van der Waals surface area contributed by atoms with Crippen molar-refractivity contribution >= 4 is 5.97 Å². The van der Waals surface area contributed by atoms with Crippen LogP contribution in [-0.4, -0.2) is 30.1 Å². The fourth-order valence-corrected chi connectivity index (χ4v) is 6.10. The highest BCUT2D eigenvalue weighted by molar-refractivity contribution is 5.84. The number of carbonyl (C=O) groups is 1. The van der Waals surface area contributed by atoms with Crippen molar-refractivity contribution in [2.24, 2.45) is 0 Å². The van der Waals surface area contributed by atoms with Crippen LogP contribution in [0.25, 0.3) is 11.1 Å². The van der Waals surface area contributed by atoms with Gasteiger partial charge in [0.2, 0.25) is 0 Å². The molecule has 188 valence electrons. The summed E-state index contributed by atoms with van der Waals surface area (Å²) in [6.45, 7) is 19.6. The lowest BCUT2D eigenvalue weighted by molar-refractivity contribution is -0.142. The first kappa shape index (κ1) is 25.3. The Morgan fingerprint density at radius 1 is 1.11 bits per heavy atom. The highest BCUT2D eigenvalue weighted by Gasteiger charge is 2.30. The van der Waals surface area contributed by atoms with Gasteiger partial charge in [-0.3, -0.25) is 4.79 Å². The van der Waals surface area contributed by atoms with E-state index in [1.54, 1.807) is 0 Å². The van der Waals surface area contributed by atoms with Gasteiger partial charge >= 0.3 is 5.97 Å². The normalized spacial score (nSPS) is 15.8. The molecule has 0 N–H and O–H groups in total. The lowest BCUT2D eigenvalue weighted by Crippen LogP contribution is -2.36. The van der Waals surface area contributed by atoms with Crippen LogP contribution in [0.5, 0.6) is 5.75 Å². The molecule has 0 amide bonds. The highest BCUT2D eigenvalue weighted by atomic mass is 16.5. The van der Waals surface area contributed by atoms with Crippen LogP contribution in [0.3, 0.4) is 0 Å². The van der Waals surface area contributed by atoms with E-state index < -0.39 is 0 Å². The molecule has 2 aromatic carbocycles. The number of rotatable bonds is 7. The SMILES string of the molecule is C=C1Cc2c(C)c(CC(=O)OCC)c(-c3ccc4c(c3C)CCCO4)c(C)c2CN1C(C)CCC. The van der Waals surface area contributed by atoms with Gasteiger partial charge in [0.1, 0.15) is 5.75 Å². The molecule has 4 nitrogen and oxygen atoms in total. The standard InChI is InChI=1S/C31H41NO3/c1-8-11-19(3)32-18-28-23(7)31(25-13-14-29-24(21(25)5)12-10-15-35-29)27(17-30(33)34-9-2)22(6)26(28)16-20(32)4/h13-14,19H,4,8-12,15-18H2,1-3,5-7H3. The van der Waals surface area contributed by atoms with Gasteiger partial charge in [-0.1, -0.05) is 26.0 Å². The van der Waals surface area contributed by atoms with E-state index in [0.717, 1.165) is 56.6 Å². The van der Waals surface area contributed by atoms with Crippen molar-refractivity contribution in [1.82, 2.24) is 4.90 Å². The molecular formula is C31H41NO3. The minimum absolute atomic E-state index is 0.164. The topological polar surface area (TPSA) is 38.8 Å². The third-order valence-corrected chi connectivity index (χ3v) is 8.03. The summed E-state index contributed by atoms with van der Waals surface area (Å²) in [5.74, 6) is 0.843. The molecule has 4 rings (SSSR count). The largest absolute Gasteiger partial charge is 0.493 e. The molecule has 0 bridgehead atoms. The monoisotopic (exact) mass is 475 g/mol. The van der Waals surface area contributed by atoms with Gasteiger partial charge in [0, 0.05) is 24.7 Å². The van der Waals surface area contributed by atoms with Gasteiger partial charge in [-0.2, -0.15) is 0 Å². The molecule has 2 heterocycles. The van der Waals surface area contributed by atoms with Crippen molar-refractivity contribution in [3.8, 4) is 16.9 Å². The van der Waals surface area contributed by atoms with E-state index in [1.165, 1.54) is 50.2 Å². The maximum Gasteiger partial charge on any atom is 0.310 e. The maximum atomic E-state index is 12.8. The Morgan fingerprint density at radius 3 is 2.60 bits per heavy atom. The first-order chi connectivity index (χ1) is 16.8. The van der Waals surface area contributed by atoms with Crippen LogP contribution in [0.15, 0.2) is 24.4 Å². The molecule has 0 aromatic heterocycles. The molecule has 0 saturated heterocycles. The third kappa shape index (κ3) is 4.72. The fourth-order valence-electron chi connectivity index (χ4n) is 6.10. The van der Waals surface area contributed by atoms with Crippen LogP contribution in [-0.2, 0) is 35.3 Å². The van der Waals surface area contributed by atoms with E-state index in [2.05, 4.69) is 58.2 Å². The predicted octanol–water partition coefficient (Wildman–Crippen LogP) is 6.77. The number of allylic oxidation sites excluding steroid dienone is 1. The molecule has 0 aliphatic carbocycles. The van der Waals surface area contributed by atoms with E-state index in [0.29, 0.717) is 19.1 Å². The zero-order valence-electron chi connectivity index (χ0n) is 22.5. The Balaban J connectivity index is 1.92. The molecule has 4 heteroatoms. The number of carbonyl (C=O) groups excluding carboxylic acids is 1. The summed E-state index contributed by atoms with van der Waals surface area (Å²) in [5, 5.41) is 0. The first-order valence-electron chi connectivity index (χ1n) is 13.3. The Hall–Kier alpha value is -2.75. The number of hydrogen-bond acceptors (Lipinski definition) is 4. The molecule has 0 saturated carbocycles. The second-order valence-corrected chi connectivity index (χ2v) is 10.2. The average Bonchev–Trinajstić information content (AvgIpc) is 2.83. The fraction of sp³-hybridized carbons (Fsp3) is 0.516. The van der Waals surface area contributed by atoms with Gasteiger partial charge in [0.05, 0.1) is 19.6 Å². The summed E-state index contributed by atoms with van der Waals surface area (Å²) < 4.78 is 11.4. The van der Waals surface area contributed by atoms with Gasteiger partial charge in [-0.15, -0.1) is 0 Å². The van der Waals surface area contributed by atoms with Gasteiger partial charge in [-0.25, -0.2) is 0 Å². The molecule has 0 radical (unpaired) electrons. The highest BCUT2D eigenvalue weighted by Crippen LogP contribution is 2.43. The molecule has 0 spiro atoms. The molecular weight excluding hydrogens is 434 g/mol. The van der Waals surface area contributed by atoms with E-state index in [9.17, 15) is 4.79 Å². The van der Waals surface area contributed by atoms with Crippen molar-refractivity contribution in [2.75, 3.05) is 13.2 Å². The quantitative estimate of drug-likeness (QED) is 0.414. The third-order valence-electron chi connectivity index (χ3n) is 8.03. The van der Waals surface area contributed by atoms with Gasteiger partial charge < -0.3 is 14.4 Å². The second-order valence-electron chi connectivity index (χ2n) is 10.2. The summed E-state index contributed by atoms with van der Waals surface area (Å²) >= 11 is 0. The van der Waals surface area contributed by atoms with Crippen LogP contribution in [0, 0.1) is 20.8 Å². The van der Waals surface area contributed by atoms with E-state index in [-0.39, 0.29) is 5.97 Å². The number of ether oxygens (including phenoxy) is 2. The van der Waals surface area contributed by atoms with Gasteiger partial charge in [0.15, 0.2) is 0 Å². The van der Waals surface area contributed by atoms with E-state index >= 15 is 0 Å². The maximum absolute atomic E-state index is 12.8. The Bertz CT molecular complexity index is 1150. The van der Waals surface area contributed by atoms with E-state index in [1.807, 2.05) is 6.92 Å². The number of hydrogen-bond donors (Lipinski definition) is 0. The number of esters is 1. The van der Waals surface area contributed by atoms with Gasteiger partial charge in [0.25, 0.3) is 0 Å². The molecule has 1 atom stereocenters. The summed E-state index contributed by atoms with van der Waals surface area (Å²) in [4.78, 5) is 15.2. The number of fused-ring (bicyclic) bond motifs is 2. The first-order valence-corrected chi connectivity index (χ1v) is 13.3. The van der Waals surface area contributed by atoms with Crippen LogP contribution >= 0.6 is 0 Å². The van der Waals surface area contributed by atoms with Crippen LogP contribution in [0.2, 0.25) is 0 Å². The smallest absolute Gasteiger partial charge is 0.310 e. The minimum Gasteiger partial charge on any atom is -0.493 e. The van der Waals surface area contributed by atoms with E-state index in [4.69, 9.17) is 9.47 Å². The number of nitrogens with zero attached hydrogens (tertiary/aromatic N) is 1. The molecule has 2 aromatic rings. The molecule has 2 aliphatic heterocycles.